The molecule has 2 unspecified atom stereocenters. The molecule has 17 heavy (non-hydrogen) atoms. The monoisotopic (exact) mass is 231 g/mol. The fourth-order valence-electron chi connectivity index (χ4n) is 2.69. The van der Waals surface area contributed by atoms with Crippen LogP contribution in [0.3, 0.4) is 0 Å². The lowest BCUT2D eigenvalue weighted by Gasteiger charge is -2.26. The molecule has 2 atom stereocenters. The van der Waals surface area contributed by atoms with Crippen LogP contribution < -0.4 is 10.6 Å². The van der Waals surface area contributed by atoms with Crippen molar-refractivity contribution in [1.29, 1.82) is 0 Å². The molecule has 1 aromatic rings. The molecule has 2 aliphatic heterocycles. The fraction of sp³-hybridized carbons (Fsp3) is 0.462. The van der Waals surface area contributed by atoms with Crippen molar-refractivity contribution in [3.63, 3.8) is 0 Å². The van der Waals surface area contributed by atoms with Gasteiger partial charge in [0.1, 0.15) is 0 Å². The molecule has 1 amide bonds. The minimum absolute atomic E-state index is 0.118. The van der Waals surface area contributed by atoms with Gasteiger partial charge < -0.3 is 10.6 Å². The highest BCUT2D eigenvalue weighted by atomic mass is 16.2. The Bertz CT molecular complexity index is 406. The number of hydrogen-bond acceptors (Lipinski definition) is 3. The number of likely N-dealkylation sites (tertiary alicyclic amines) is 1. The molecule has 2 saturated heterocycles. The third-order valence-electron chi connectivity index (χ3n) is 3.52. The van der Waals surface area contributed by atoms with E-state index < -0.39 is 0 Å². The molecule has 0 aliphatic carbocycles. The molecule has 0 aromatic heterocycles. The lowest BCUT2D eigenvalue weighted by molar-refractivity contribution is -0.122. The molecular weight excluding hydrogens is 214 g/mol. The molecule has 4 nitrogen and oxygen atoms in total. The van der Waals surface area contributed by atoms with Crippen LogP contribution in [-0.2, 0) is 11.3 Å². The van der Waals surface area contributed by atoms with Crippen molar-refractivity contribution in [3.8, 4) is 0 Å². The van der Waals surface area contributed by atoms with Crippen LogP contribution >= 0.6 is 0 Å². The number of amides is 1. The van der Waals surface area contributed by atoms with E-state index in [1.807, 2.05) is 6.07 Å². The topological polar surface area (TPSA) is 44.4 Å². The first kappa shape index (κ1) is 10.7. The first-order valence-electron chi connectivity index (χ1n) is 6.10. The van der Waals surface area contributed by atoms with Gasteiger partial charge in [-0.15, -0.1) is 0 Å². The van der Waals surface area contributed by atoms with Crippen LogP contribution in [0, 0.1) is 0 Å². The number of carbonyl (C=O) groups is 1. The highest BCUT2D eigenvalue weighted by Crippen LogP contribution is 2.15. The summed E-state index contributed by atoms with van der Waals surface area (Å²) in [5.41, 5.74) is 1.33. The van der Waals surface area contributed by atoms with Gasteiger partial charge in [-0.1, -0.05) is 30.3 Å². The van der Waals surface area contributed by atoms with Gasteiger partial charge in [0.15, 0.2) is 0 Å². The summed E-state index contributed by atoms with van der Waals surface area (Å²) in [6.45, 7) is 3.38. The molecule has 0 saturated carbocycles. The highest BCUT2D eigenvalue weighted by molar-refractivity contribution is 5.79. The van der Waals surface area contributed by atoms with Gasteiger partial charge in [0, 0.05) is 25.7 Å². The van der Waals surface area contributed by atoms with Crippen molar-refractivity contribution in [2.24, 2.45) is 0 Å². The largest absolute Gasteiger partial charge is 0.349 e. The predicted octanol–water partition coefficient (Wildman–Crippen LogP) is -0.0412. The second kappa shape index (κ2) is 4.47. The quantitative estimate of drug-likeness (QED) is 0.750. The van der Waals surface area contributed by atoms with E-state index in [2.05, 4.69) is 39.8 Å². The summed E-state index contributed by atoms with van der Waals surface area (Å²) in [6, 6.07) is 11.2. The Hall–Kier alpha value is -1.39. The van der Waals surface area contributed by atoms with E-state index in [9.17, 15) is 4.79 Å². The zero-order valence-electron chi connectivity index (χ0n) is 9.73. The second-order valence-electron chi connectivity index (χ2n) is 4.84. The summed E-state index contributed by atoms with van der Waals surface area (Å²) in [5.74, 6) is 0.118. The van der Waals surface area contributed by atoms with E-state index in [4.69, 9.17) is 0 Å². The molecule has 4 heteroatoms. The molecule has 90 valence electrons. The van der Waals surface area contributed by atoms with Gasteiger partial charge in [-0.3, -0.25) is 9.69 Å². The van der Waals surface area contributed by atoms with E-state index in [1.54, 1.807) is 0 Å². The number of carbonyl (C=O) groups excluding carboxylic acids is 1. The van der Waals surface area contributed by atoms with Gasteiger partial charge in [0.05, 0.1) is 12.6 Å². The molecule has 1 aromatic carbocycles. The van der Waals surface area contributed by atoms with Crippen molar-refractivity contribution in [2.75, 3.05) is 19.6 Å². The highest BCUT2D eigenvalue weighted by Gasteiger charge is 2.36. The number of fused-ring (bicyclic) bond motifs is 1. The fourth-order valence-corrected chi connectivity index (χ4v) is 2.69. The lowest BCUT2D eigenvalue weighted by Crippen LogP contribution is -2.58. The molecular formula is C13H17N3O. The van der Waals surface area contributed by atoms with Gasteiger partial charge in [-0.25, -0.2) is 0 Å². The molecule has 2 aliphatic rings. The van der Waals surface area contributed by atoms with Gasteiger partial charge in [-0.05, 0) is 5.56 Å². The average Bonchev–Trinajstić information content (AvgIpc) is 2.71. The maximum atomic E-state index is 11.3. The normalized spacial score (nSPS) is 28.8. The summed E-state index contributed by atoms with van der Waals surface area (Å²) in [5, 5.41) is 6.34. The Kier molecular flexibility index (Phi) is 2.82. The zero-order valence-corrected chi connectivity index (χ0v) is 9.73. The molecule has 2 fully saturated rings. The zero-order chi connectivity index (χ0) is 11.7. The number of benzene rings is 1. The van der Waals surface area contributed by atoms with Gasteiger partial charge in [-0.2, -0.15) is 0 Å². The Morgan fingerprint density at radius 1 is 1.18 bits per heavy atom. The van der Waals surface area contributed by atoms with E-state index >= 15 is 0 Å². The summed E-state index contributed by atoms with van der Waals surface area (Å²) >= 11 is 0. The lowest BCUT2D eigenvalue weighted by atomic mass is 10.1. The van der Waals surface area contributed by atoms with Gasteiger partial charge in [0.25, 0.3) is 0 Å². The first-order valence-corrected chi connectivity index (χ1v) is 6.10. The third-order valence-corrected chi connectivity index (χ3v) is 3.52. The second-order valence-corrected chi connectivity index (χ2v) is 4.84. The average molecular weight is 231 g/mol. The predicted molar refractivity (Wildman–Crippen MR) is 65.4 cm³/mol. The number of nitrogens with one attached hydrogen (secondary N) is 2. The van der Waals surface area contributed by atoms with Crippen LogP contribution in [-0.4, -0.2) is 42.5 Å². The molecule has 3 rings (SSSR count). The van der Waals surface area contributed by atoms with Crippen LogP contribution in [0.1, 0.15) is 5.56 Å². The van der Waals surface area contributed by atoms with Crippen LogP contribution in [0.5, 0.6) is 0 Å². The minimum Gasteiger partial charge on any atom is -0.349 e. The van der Waals surface area contributed by atoms with Crippen LogP contribution in [0.4, 0.5) is 0 Å². The van der Waals surface area contributed by atoms with E-state index in [0.29, 0.717) is 12.6 Å². The summed E-state index contributed by atoms with van der Waals surface area (Å²) < 4.78 is 0. The standard InChI is InChI=1S/C13H17N3O/c17-13-6-14-11-8-16(9-12(11)15-13)7-10-4-2-1-3-5-10/h1-5,11-12,14H,6-9H2,(H,15,17). The number of rotatable bonds is 2. The Labute approximate surface area is 101 Å². The molecule has 0 radical (unpaired) electrons. The number of hydrogen-bond donors (Lipinski definition) is 2. The molecule has 2 heterocycles. The Morgan fingerprint density at radius 3 is 2.76 bits per heavy atom. The number of piperazine rings is 1. The summed E-state index contributed by atoms with van der Waals surface area (Å²) in [7, 11) is 0. The van der Waals surface area contributed by atoms with Gasteiger partial charge >= 0.3 is 0 Å². The van der Waals surface area contributed by atoms with Crippen molar-refractivity contribution in [2.45, 2.75) is 18.6 Å². The van der Waals surface area contributed by atoms with Gasteiger partial charge in [0.2, 0.25) is 5.91 Å². The van der Waals surface area contributed by atoms with Crippen LogP contribution in [0.2, 0.25) is 0 Å². The van der Waals surface area contributed by atoms with E-state index in [-0.39, 0.29) is 11.9 Å². The minimum atomic E-state index is 0.118. The van der Waals surface area contributed by atoms with E-state index in [0.717, 1.165) is 19.6 Å². The van der Waals surface area contributed by atoms with Crippen molar-refractivity contribution in [1.82, 2.24) is 15.5 Å². The number of nitrogens with zero attached hydrogens (tertiary/aromatic N) is 1. The molecule has 0 spiro atoms. The summed E-state index contributed by atoms with van der Waals surface area (Å²) in [6.07, 6.45) is 0. The first-order chi connectivity index (χ1) is 8.31. The van der Waals surface area contributed by atoms with E-state index in [1.165, 1.54) is 5.56 Å². The Balaban J connectivity index is 1.62. The summed E-state index contributed by atoms with van der Waals surface area (Å²) in [4.78, 5) is 13.7. The smallest absolute Gasteiger partial charge is 0.234 e. The van der Waals surface area contributed by atoms with Crippen molar-refractivity contribution in [3.05, 3.63) is 35.9 Å². The maximum Gasteiger partial charge on any atom is 0.234 e. The Morgan fingerprint density at radius 2 is 1.94 bits per heavy atom. The maximum absolute atomic E-state index is 11.3. The van der Waals surface area contributed by atoms with Crippen LogP contribution in [0.25, 0.3) is 0 Å². The van der Waals surface area contributed by atoms with Crippen molar-refractivity contribution < 1.29 is 4.79 Å². The van der Waals surface area contributed by atoms with Crippen molar-refractivity contribution >= 4 is 5.91 Å². The molecule has 0 bridgehead atoms. The van der Waals surface area contributed by atoms with Crippen LogP contribution in [0.15, 0.2) is 30.3 Å². The third kappa shape index (κ3) is 2.33. The molecule has 2 N–H and O–H groups in total. The SMILES string of the molecule is O=C1CNC2CN(Cc3ccccc3)CC2N1.